The Morgan fingerprint density at radius 3 is 2.33 bits per heavy atom. The summed E-state index contributed by atoms with van der Waals surface area (Å²) in [6.07, 6.45) is 0. The van der Waals surface area contributed by atoms with E-state index in [4.69, 9.17) is 0 Å². The van der Waals surface area contributed by atoms with Crippen LogP contribution in [-0.2, 0) is 0 Å². The molecule has 0 bridgehead atoms. The molecule has 1 heterocycles. The first-order valence-electron chi connectivity index (χ1n) is 6.48. The van der Waals surface area contributed by atoms with Gasteiger partial charge in [-0.2, -0.15) is 27.6 Å². The van der Waals surface area contributed by atoms with Crippen LogP contribution in [0.3, 0.4) is 0 Å². The second-order valence-electron chi connectivity index (χ2n) is 4.76. The van der Waals surface area contributed by atoms with Gasteiger partial charge in [-0.3, -0.25) is 15.5 Å². The van der Waals surface area contributed by atoms with E-state index in [9.17, 15) is 27.7 Å². The quantitative estimate of drug-likeness (QED) is 0.302. The molecule has 1 aromatic carbocycles. The SMILES string of the molecule is C/C(=N/Nc1c(F)c(F)nc(F)c1F)c1ccc(C)c([N+](=O)[O-])c1. The minimum Gasteiger partial charge on any atom is -0.272 e. The molecule has 0 aliphatic rings. The van der Waals surface area contributed by atoms with Crippen LogP contribution in [0.1, 0.15) is 18.1 Å². The summed E-state index contributed by atoms with van der Waals surface area (Å²) in [5.41, 5.74) is 1.36. The standard InChI is InChI=1S/C14H10F4N4O2/c1-6-3-4-8(5-9(6)22(23)24)7(2)20-21-12-10(15)13(17)19-14(18)11(12)16/h3-5H,1-2H3,(H,19,21)/b20-7-. The number of nitro benzene ring substituents is 1. The first-order valence-corrected chi connectivity index (χ1v) is 6.48. The van der Waals surface area contributed by atoms with Crippen molar-refractivity contribution in [3.63, 3.8) is 0 Å². The molecule has 0 amide bonds. The fourth-order valence-electron chi connectivity index (χ4n) is 1.82. The summed E-state index contributed by atoms with van der Waals surface area (Å²) >= 11 is 0. The van der Waals surface area contributed by atoms with Crippen LogP contribution in [0, 0.1) is 40.6 Å². The molecule has 0 spiro atoms. The van der Waals surface area contributed by atoms with Crippen LogP contribution in [0.15, 0.2) is 23.3 Å². The third-order valence-corrected chi connectivity index (χ3v) is 3.16. The molecule has 2 rings (SSSR count). The van der Waals surface area contributed by atoms with Crippen molar-refractivity contribution in [3.8, 4) is 0 Å². The van der Waals surface area contributed by atoms with E-state index >= 15 is 0 Å². The predicted molar refractivity (Wildman–Crippen MR) is 77.7 cm³/mol. The first kappa shape index (κ1) is 17.3. The van der Waals surface area contributed by atoms with E-state index in [0.29, 0.717) is 5.56 Å². The molecule has 0 aliphatic carbocycles. The van der Waals surface area contributed by atoms with Crippen molar-refractivity contribution in [2.24, 2.45) is 5.10 Å². The number of pyridine rings is 1. The number of nitro groups is 1. The monoisotopic (exact) mass is 342 g/mol. The van der Waals surface area contributed by atoms with Crippen LogP contribution >= 0.6 is 0 Å². The van der Waals surface area contributed by atoms with Gasteiger partial charge in [-0.1, -0.05) is 12.1 Å². The number of hydrazone groups is 1. The average molecular weight is 342 g/mol. The summed E-state index contributed by atoms with van der Waals surface area (Å²) < 4.78 is 52.9. The number of anilines is 1. The maximum absolute atomic E-state index is 13.5. The number of nitrogens with one attached hydrogen (secondary N) is 1. The highest BCUT2D eigenvalue weighted by Crippen LogP contribution is 2.23. The van der Waals surface area contributed by atoms with E-state index in [-0.39, 0.29) is 17.0 Å². The number of aryl methyl sites for hydroxylation is 1. The molecular weight excluding hydrogens is 332 g/mol. The average Bonchev–Trinajstić information content (AvgIpc) is 2.53. The normalized spacial score (nSPS) is 11.5. The Morgan fingerprint density at radius 2 is 1.79 bits per heavy atom. The van der Waals surface area contributed by atoms with Gasteiger partial charge in [0.15, 0.2) is 0 Å². The largest absolute Gasteiger partial charge is 0.272 e. The molecule has 0 aliphatic heterocycles. The molecule has 0 saturated carbocycles. The molecule has 0 radical (unpaired) electrons. The van der Waals surface area contributed by atoms with Crippen LogP contribution in [0.5, 0.6) is 0 Å². The van der Waals surface area contributed by atoms with E-state index < -0.39 is 34.1 Å². The molecule has 2 aromatic rings. The van der Waals surface area contributed by atoms with Gasteiger partial charge in [0.2, 0.25) is 11.6 Å². The number of benzene rings is 1. The van der Waals surface area contributed by atoms with E-state index in [0.717, 1.165) is 0 Å². The predicted octanol–water partition coefficient (Wildman–Crippen LogP) is 3.69. The molecule has 24 heavy (non-hydrogen) atoms. The number of aromatic nitrogens is 1. The zero-order chi connectivity index (χ0) is 18.0. The minimum atomic E-state index is -1.82. The van der Waals surface area contributed by atoms with Crippen molar-refractivity contribution in [3.05, 3.63) is 63.0 Å². The lowest BCUT2D eigenvalue weighted by molar-refractivity contribution is -0.385. The molecule has 1 aromatic heterocycles. The van der Waals surface area contributed by atoms with Crippen LogP contribution in [-0.4, -0.2) is 15.6 Å². The number of hydrogen-bond donors (Lipinski definition) is 1. The second kappa shape index (κ2) is 6.60. The fourth-order valence-corrected chi connectivity index (χ4v) is 1.82. The minimum absolute atomic E-state index is 0.106. The van der Waals surface area contributed by atoms with Crippen LogP contribution in [0.25, 0.3) is 0 Å². The van der Waals surface area contributed by atoms with Gasteiger partial charge in [0.25, 0.3) is 17.6 Å². The van der Waals surface area contributed by atoms with E-state index in [1.807, 2.05) is 5.43 Å². The maximum Gasteiger partial charge on any atom is 0.272 e. The Labute approximate surface area is 133 Å². The number of rotatable bonds is 4. The third kappa shape index (κ3) is 3.31. The Bertz CT molecular complexity index is 829. The molecule has 126 valence electrons. The van der Waals surface area contributed by atoms with Gasteiger partial charge < -0.3 is 0 Å². The highest BCUT2D eigenvalue weighted by atomic mass is 19.2. The smallest absolute Gasteiger partial charge is 0.272 e. The van der Waals surface area contributed by atoms with Crippen LogP contribution in [0.2, 0.25) is 0 Å². The Hall–Kier alpha value is -3.04. The van der Waals surface area contributed by atoms with Crippen molar-refractivity contribution in [1.29, 1.82) is 0 Å². The van der Waals surface area contributed by atoms with Gasteiger partial charge in [-0.25, -0.2) is 0 Å². The number of halogens is 4. The molecule has 0 unspecified atom stereocenters. The molecule has 0 atom stereocenters. The molecule has 10 heteroatoms. The van der Waals surface area contributed by atoms with Crippen molar-refractivity contribution in [1.82, 2.24) is 4.98 Å². The Kier molecular flexibility index (Phi) is 4.77. The van der Waals surface area contributed by atoms with Gasteiger partial charge in [-0.15, -0.1) is 0 Å². The van der Waals surface area contributed by atoms with Gasteiger partial charge in [-0.05, 0) is 13.8 Å². The zero-order valence-corrected chi connectivity index (χ0v) is 12.4. The number of nitrogens with zero attached hydrogens (tertiary/aromatic N) is 3. The van der Waals surface area contributed by atoms with Crippen molar-refractivity contribution in [2.75, 3.05) is 5.43 Å². The highest BCUT2D eigenvalue weighted by Gasteiger charge is 2.20. The van der Waals surface area contributed by atoms with E-state index in [1.54, 1.807) is 6.92 Å². The summed E-state index contributed by atoms with van der Waals surface area (Å²) in [5, 5.41) is 14.5. The van der Waals surface area contributed by atoms with Gasteiger partial charge in [0.05, 0.1) is 10.6 Å². The lowest BCUT2D eigenvalue weighted by atomic mass is 10.1. The van der Waals surface area contributed by atoms with E-state index in [2.05, 4.69) is 10.1 Å². The van der Waals surface area contributed by atoms with E-state index in [1.165, 1.54) is 25.1 Å². The van der Waals surface area contributed by atoms with Gasteiger partial charge in [0.1, 0.15) is 5.69 Å². The lowest BCUT2D eigenvalue weighted by Crippen LogP contribution is -2.08. The third-order valence-electron chi connectivity index (χ3n) is 3.16. The van der Waals surface area contributed by atoms with Crippen molar-refractivity contribution < 1.29 is 22.5 Å². The van der Waals surface area contributed by atoms with Crippen molar-refractivity contribution >= 4 is 17.1 Å². The van der Waals surface area contributed by atoms with Crippen molar-refractivity contribution in [2.45, 2.75) is 13.8 Å². The Balaban J connectivity index is 2.37. The fraction of sp³-hybridized carbons (Fsp3) is 0.143. The molecule has 0 saturated heterocycles. The molecule has 6 nitrogen and oxygen atoms in total. The summed E-state index contributed by atoms with van der Waals surface area (Å²) in [6, 6.07) is 4.19. The highest BCUT2D eigenvalue weighted by molar-refractivity contribution is 5.99. The summed E-state index contributed by atoms with van der Waals surface area (Å²) in [5.74, 6) is -7.12. The summed E-state index contributed by atoms with van der Waals surface area (Å²) in [7, 11) is 0. The lowest BCUT2D eigenvalue weighted by Gasteiger charge is -2.07. The maximum atomic E-state index is 13.5. The Morgan fingerprint density at radius 1 is 1.21 bits per heavy atom. The van der Waals surface area contributed by atoms with Gasteiger partial charge >= 0.3 is 0 Å². The summed E-state index contributed by atoms with van der Waals surface area (Å²) in [4.78, 5) is 12.7. The second-order valence-corrected chi connectivity index (χ2v) is 4.76. The molecule has 0 fully saturated rings. The zero-order valence-electron chi connectivity index (χ0n) is 12.4. The van der Waals surface area contributed by atoms with Gasteiger partial charge in [0, 0.05) is 17.2 Å². The summed E-state index contributed by atoms with van der Waals surface area (Å²) in [6.45, 7) is 2.94. The molecular formula is C14H10F4N4O2. The molecule has 1 N–H and O–H groups in total. The number of hydrogen-bond acceptors (Lipinski definition) is 5. The topological polar surface area (TPSA) is 80.4 Å². The van der Waals surface area contributed by atoms with Crippen LogP contribution < -0.4 is 5.43 Å². The van der Waals surface area contributed by atoms with Crippen LogP contribution in [0.4, 0.5) is 28.9 Å². The first-order chi connectivity index (χ1) is 11.2.